The molecule has 0 fully saturated rings. The molecule has 21 heavy (non-hydrogen) atoms. The van der Waals surface area contributed by atoms with Gasteiger partial charge in [0.1, 0.15) is 0 Å². The van der Waals surface area contributed by atoms with Crippen LogP contribution in [0.2, 0.25) is 0 Å². The van der Waals surface area contributed by atoms with Crippen LogP contribution in [-0.2, 0) is 4.79 Å². The lowest BCUT2D eigenvalue weighted by Gasteiger charge is -2.09. The van der Waals surface area contributed by atoms with E-state index in [0.717, 1.165) is 17.0 Å². The number of thioether (sulfide) groups is 1. The zero-order valence-corrected chi connectivity index (χ0v) is 13.2. The Bertz CT molecular complexity index is 623. The fourth-order valence-electron chi connectivity index (χ4n) is 1.94. The number of nitrogen functional groups attached to an aromatic ring is 1. The molecule has 1 amide bonds. The van der Waals surface area contributed by atoms with Crippen molar-refractivity contribution in [3.05, 3.63) is 53.6 Å². The van der Waals surface area contributed by atoms with E-state index in [4.69, 9.17) is 5.73 Å². The van der Waals surface area contributed by atoms with E-state index in [-0.39, 0.29) is 5.91 Å². The third-order valence-electron chi connectivity index (χ3n) is 3.14. The van der Waals surface area contributed by atoms with Gasteiger partial charge < -0.3 is 11.1 Å². The van der Waals surface area contributed by atoms with Crippen LogP contribution in [0.3, 0.4) is 0 Å². The van der Waals surface area contributed by atoms with Crippen LogP contribution in [0.5, 0.6) is 0 Å². The molecule has 0 atom stereocenters. The molecule has 3 nitrogen and oxygen atoms in total. The number of carbonyl (C=O) groups is 1. The number of benzene rings is 2. The summed E-state index contributed by atoms with van der Waals surface area (Å²) < 4.78 is 0. The number of nitrogens with one attached hydrogen (secondary N) is 1. The topological polar surface area (TPSA) is 55.1 Å². The number of carbonyl (C=O) groups excluding carboxylic acids is 1. The van der Waals surface area contributed by atoms with Crippen LogP contribution in [0.25, 0.3) is 0 Å². The lowest BCUT2D eigenvalue weighted by molar-refractivity contribution is -0.115. The Hall–Kier alpha value is -1.94. The highest BCUT2D eigenvalue weighted by molar-refractivity contribution is 7.99. The SMILES string of the molecule is Cc1ccc(SCCC(=O)Nc2ccc(N)cc2C)cc1. The van der Waals surface area contributed by atoms with Gasteiger partial charge in [0.05, 0.1) is 0 Å². The monoisotopic (exact) mass is 300 g/mol. The standard InChI is InChI=1S/C17H20N2OS/c1-12-3-6-15(7-4-12)21-10-9-17(20)19-16-8-5-14(18)11-13(16)2/h3-8,11H,9-10,18H2,1-2H3,(H,19,20). The highest BCUT2D eigenvalue weighted by atomic mass is 32.2. The molecular weight excluding hydrogens is 280 g/mol. The lowest BCUT2D eigenvalue weighted by atomic mass is 10.2. The number of aryl methyl sites for hydroxylation is 2. The second-order valence-electron chi connectivity index (χ2n) is 5.03. The first kappa shape index (κ1) is 15.4. The summed E-state index contributed by atoms with van der Waals surface area (Å²) in [5.74, 6) is 0.797. The molecule has 2 aromatic rings. The van der Waals surface area contributed by atoms with Gasteiger partial charge in [-0.15, -0.1) is 11.8 Å². The van der Waals surface area contributed by atoms with Gasteiger partial charge in [-0.1, -0.05) is 17.7 Å². The van der Waals surface area contributed by atoms with Crippen LogP contribution in [0.4, 0.5) is 11.4 Å². The summed E-state index contributed by atoms with van der Waals surface area (Å²) in [5.41, 5.74) is 9.46. The van der Waals surface area contributed by atoms with E-state index in [1.807, 2.05) is 19.1 Å². The lowest BCUT2D eigenvalue weighted by Crippen LogP contribution is -2.13. The van der Waals surface area contributed by atoms with E-state index in [9.17, 15) is 4.79 Å². The summed E-state index contributed by atoms with van der Waals surface area (Å²) in [6, 6.07) is 13.8. The fourth-order valence-corrected chi connectivity index (χ4v) is 2.79. The summed E-state index contributed by atoms with van der Waals surface area (Å²) in [7, 11) is 0. The van der Waals surface area contributed by atoms with Crippen molar-refractivity contribution in [2.24, 2.45) is 0 Å². The molecule has 0 saturated heterocycles. The first-order chi connectivity index (χ1) is 10.0. The molecule has 0 aliphatic rings. The van der Waals surface area contributed by atoms with E-state index in [1.54, 1.807) is 17.8 Å². The molecule has 0 bridgehead atoms. The number of anilines is 2. The molecule has 0 radical (unpaired) electrons. The Balaban J connectivity index is 1.81. The Morgan fingerprint density at radius 3 is 2.52 bits per heavy atom. The first-order valence-corrected chi connectivity index (χ1v) is 7.88. The van der Waals surface area contributed by atoms with Crippen LogP contribution < -0.4 is 11.1 Å². The Morgan fingerprint density at radius 2 is 1.86 bits per heavy atom. The molecule has 3 N–H and O–H groups in total. The smallest absolute Gasteiger partial charge is 0.225 e. The molecule has 2 aromatic carbocycles. The fraction of sp³-hybridized carbons (Fsp3) is 0.235. The van der Waals surface area contributed by atoms with Crippen molar-refractivity contribution in [2.75, 3.05) is 16.8 Å². The highest BCUT2D eigenvalue weighted by Gasteiger charge is 2.05. The van der Waals surface area contributed by atoms with E-state index < -0.39 is 0 Å². The minimum absolute atomic E-state index is 0.0301. The molecule has 4 heteroatoms. The van der Waals surface area contributed by atoms with Gasteiger partial charge in [0, 0.05) is 28.4 Å². The van der Waals surface area contributed by atoms with Crippen molar-refractivity contribution in [3.8, 4) is 0 Å². The average Bonchev–Trinajstić information content (AvgIpc) is 2.44. The Kier molecular flexibility index (Phi) is 5.28. The first-order valence-electron chi connectivity index (χ1n) is 6.90. The van der Waals surface area contributed by atoms with Crippen LogP contribution in [0.1, 0.15) is 17.5 Å². The van der Waals surface area contributed by atoms with E-state index in [0.29, 0.717) is 12.1 Å². The van der Waals surface area contributed by atoms with Crippen molar-refractivity contribution in [1.29, 1.82) is 0 Å². The van der Waals surface area contributed by atoms with Gasteiger partial charge in [-0.05, 0) is 49.7 Å². The molecular formula is C17H20N2OS. The maximum absolute atomic E-state index is 11.9. The Labute approximate surface area is 129 Å². The molecule has 0 unspecified atom stereocenters. The molecule has 0 spiro atoms. The summed E-state index contributed by atoms with van der Waals surface area (Å²) in [5, 5.41) is 2.92. The van der Waals surface area contributed by atoms with E-state index >= 15 is 0 Å². The summed E-state index contributed by atoms with van der Waals surface area (Å²) in [4.78, 5) is 13.1. The third-order valence-corrected chi connectivity index (χ3v) is 4.16. The molecule has 110 valence electrons. The Morgan fingerprint density at radius 1 is 1.14 bits per heavy atom. The van der Waals surface area contributed by atoms with Gasteiger partial charge >= 0.3 is 0 Å². The predicted molar refractivity (Wildman–Crippen MR) is 90.7 cm³/mol. The number of hydrogen-bond acceptors (Lipinski definition) is 3. The zero-order chi connectivity index (χ0) is 15.2. The van der Waals surface area contributed by atoms with Crippen LogP contribution >= 0.6 is 11.8 Å². The van der Waals surface area contributed by atoms with Gasteiger partial charge in [-0.25, -0.2) is 0 Å². The molecule has 0 heterocycles. The molecule has 2 rings (SSSR count). The van der Waals surface area contributed by atoms with Crippen LogP contribution in [-0.4, -0.2) is 11.7 Å². The largest absolute Gasteiger partial charge is 0.399 e. The summed E-state index contributed by atoms with van der Waals surface area (Å²) >= 11 is 1.69. The predicted octanol–water partition coefficient (Wildman–Crippen LogP) is 4.01. The van der Waals surface area contributed by atoms with Crippen molar-refractivity contribution >= 4 is 29.0 Å². The van der Waals surface area contributed by atoms with E-state index in [1.165, 1.54) is 10.5 Å². The van der Waals surface area contributed by atoms with Gasteiger partial charge in [-0.3, -0.25) is 4.79 Å². The van der Waals surface area contributed by atoms with Crippen molar-refractivity contribution < 1.29 is 4.79 Å². The van der Waals surface area contributed by atoms with Gasteiger partial charge in [0.15, 0.2) is 0 Å². The van der Waals surface area contributed by atoms with Crippen LogP contribution in [0.15, 0.2) is 47.4 Å². The second-order valence-corrected chi connectivity index (χ2v) is 6.20. The molecule has 0 saturated carbocycles. The number of nitrogens with two attached hydrogens (primary N) is 1. The number of amides is 1. The number of hydrogen-bond donors (Lipinski definition) is 2. The molecule has 0 aliphatic heterocycles. The van der Waals surface area contributed by atoms with Crippen molar-refractivity contribution in [3.63, 3.8) is 0 Å². The van der Waals surface area contributed by atoms with Gasteiger partial charge in [-0.2, -0.15) is 0 Å². The summed E-state index contributed by atoms with van der Waals surface area (Å²) in [6.07, 6.45) is 0.488. The maximum Gasteiger partial charge on any atom is 0.225 e. The van der Waals surface area contributed by atoms with Gasteiger partial charge in [0.2, 0.25) is 5.91 Å². The maximum atomic E-state index is 11.9. The highest BCUT2D eigenvalue weighted by Crippen LogP contribution is 2.20. The minimum atomic E-state index is 0.0301. The van der Waals surface area contributed by atoms with Crippen molar-refractivity contribution in [2.45, 2.75) is 25.2 Å². The summed E-state index contributed by atoms with van der Waals surface area (Å²) in [6.45, 7) is 4.00. The molecule has 0 aliphatic carbocycles. The number of rotatable bonds is 5. The zero-order valence-electron chi connectivity index (χ0n) is 12.3. The van der Waals surface area contributed by atoms with Crippen molar-refractivity contribution in [1.82, 2.24) is 0 Å². The quantitative estimate of drug-likeness (QED) is 0.648. The van der Waals surface area contributed by atoms with Crippen LogP contribution in [0, 0.1) is 13.8 Å². The van der Waals surface area contributed by atoms with E-state index in [2.05, 4.69) is 36.5 Å². The molecule has 0 aromatic heterocycles. The normalized spacial score (nSPS) is 10.4. The average molecular weight is 300 g/mol. The third kappa shape index (κ3) is 4.83. The van der Waals surface area contributed by atoms with Gasteiger partial charge in [0.25, 0.3) is 0 Å². The second kappa shape index (κ2) is 7.18. The minimum Gasteiger partial charge on any atom is -0.399 e.